The molecule has 72 valence electrons. The number of hydrogen-bond donors (Lipinski definition) is 1. The van der Waals surface area contributed by atoms with Crippen LogP contribution in [0.3, 0.4) is 0 Å². The van der Waals surface area contributed by atoms with Crippen molar-refractivity contribution >= 4 is 5.91 Å². The van der Waals surface area contributed by atoms with Gasteiger partial charge in [-0.2, -0.15) is 5.26 Å². The Morgan fingerprint density at radius 2 is 1.79 bits per heavy atom. The number of nitrogens with one attached hydrogen (secondary N) is 1. The maximum atomic E-state index is 12.6. The lowest BCUT2D eigenvalue weighted by molar-refractivity contribution is 0.0971. The normalized spacial score (nSPS) is 9.29. The van der Waals surface area contributed by atoms with Crippen LogP contribution in [0.4, 0.5) is 13.2 Å². The molecule has 1 rings (SSSR count). The molecule has 1 N–H and O–H groups in total. The molecule has 0 heterocycles. The summed E-state index contributed by atoms with van der Waals surface area (Å²) in [6.07, 6.45) is 1.28. The van der Waals surface area contributed by atoms with Crippen molar-refractivity contribution in [3.63, 3.8) is 0 Å². The molecule has 0 unspecified atom stereocenters. The van der Waals surface area contributed by atoms with Gasteiger partial charge in [-0.05, 0) is 12.1 Å². The zero-order valence-corrected chi connectivity index (χ0v) is 6.64. The molecule has 0 aromatic heterocycles. The topological polar surface area (TPSA) is 52.9 Å². The zero-order valence-electron chi connectivity index (χ0n) is 6.64. The SMILES string of the molecule is N#CNC(=O)c1cc(F)c(F)c(F)c1. The van der Waals surface area contributed by atoms with Gasteiger partial charge in [0.1, 0.15) is 0 Å². The van der Waals surface area contributed by atoms with Gasteiger partial charge >= 0.3 is 0 Å². The van der Waals surface area contributed by atoms with E-state index in [4.69, 9.17) is 5.26 Å². The zero-order chi connectivity index (χ0) is 10.7. The minimum absolute atomic E-state index is 0.456. The van der Waals surface area contributed by atoms with Crippen LogP contribution in [0, 0.1) is 28.9 Å². The standard InChI is InChI=1S/C8H3F3N2O/c9-5-1-4(8(14)13-3-12)2-6(10)7(5)11/h1-2H,(H,13,14). The second-order valence-electron chi connectivity index (χ2n) is 2.32. The Morgan fingerprint density at radius 3 is 2.21 bits per heavy atom. The summed E-state index contributed by atoms with van der Waals surface area (Å²) >= 11 is 0. The number of carbonyl (C=O) groups is 1. The van der Waals surface area contributed by atoms with E-state index >= 15 is 0 Å². The largest absolute Gasteiger partial charge is 0.268 e. The highest BCUT2D eigenvalue weighted by atomic mass is 19.2. The molecular weight excluding hydrogens is 197 g/mol. The molecule has 1 aromatic carbocycles. The average molecular weight is 200 g/mol. The molecule has 0 aliphatic carbocycles. The molecule has 0 spiro atoms. The van der Waals surface area contributed by atoms with Gasteiger partial charge in [-0.15, -0.1) is 0 Å². The van der Waals surface area contributed by atoms with E-state index in [-0.39, 0.29) is 0 Å². The molecular formula is C8H3F3N2O. The molecule has 1 aromatic rings. The van der Waals surface area contributed by atoms with Crippen LogP contribution in [-0.2, 0) is 0 Å². The lowest BCUT2D eigenvalue weighted by Gasteiger charge is -1.99. The number of carbonyl (C=O) groups excluding carboxylic acids is 1. The fourth-order valence-electron chi connectivity index (χ4n) is 0.810. The van der Waals surface area contributed by atoms with Crippen LogP contribution >= 0.6 is 0 Å². The summed E-state index contributed by atoms with van der Waals surface area (Å²) in [4.78, 5) is 10.9. The van der Waals surface area contributed by atoms with Gasteiger partial charge in [0.25, 0.3) is 5.91 Å². The van der Waals surface area contributed by atoms with Crippen LogP contribution in [-0.4, -0.2) is 5.91 Å². The fraction of sp³-hybridized carbons (Fsp3) is 0. The minimum atomic E-state index is -1.65. The Hall–Kier alpha value is -2.03. The smallest absolute Gasteiger partial charge is 0.264 e. The van der Waals surface area contributed by atoms with Crippen LogP contribution in [0.15, 0.2) is 12.1 Å². The van der Waals surface area contributed by atoms with Crippen molar-refractivity contribution in [2.24, 2.45) is 0 Å². The molecule has 0 bridgehead atoms. The van der Waals surface area contributed by atoms with Gasteiger partial charge in [0.15, 0.2) is 23.6 Å². The maximum Gasteiger partial charge on any atom is 0.264 e. The van der Waals surface area contributed by atoms with Gasteiger partial charge in [-0.3, -0.25) is 10.1 Å². The first kappa shape index (κ1) is 10.1. The van der Waals surface area contributed by atoms with E-state index < -0.39 is 28.9 Å². The lowest BCUT2D eigenvalue weighted by Crippen LogP contribution is -2.18. The Bertz CT molecular complexity index is 402. The molecule has 0 fully saturated rings. The molecule has 0 radical (unpaired) electrons. The van der Waals surface area contributed by atoms with Crippen molar-refractivity contribution in [2.75, 3.05) is 0 Å². The van der Waals surface area contributed by atoms with Gasteiger partial charge in [0.2, 0.25) is 0 Å². The Kier molecular flexibility index (Phi) is 2.72. The van der Waals surface area contributed by atoms with Crippen LogP contribution in [0.2, 0.25) is 0 Å². The second-order valence-corrected chi connectivity index (χ2v) is 2.32. The summed E-state index contributed by atoms with van der Waals surface area (Å²) in [5, 5.41) is 9.69. The van der Waals surface area contributed by atoms with Crippen molar-refractivity contribution in [2.45, 2.75) is 0 Å². The van der Waals surface area contributed by atoms with Gasteiger partial charge in [0, 0.05) is 5.56 Å². The molecule has 0 saturated carbocycles. The number of hydrogen-bond acceptors (Lipinski definition) is 2. The van der Waals surface area contributed by atoms with Crippen LogP contribution in [0.1, 0.15) is 10.4 Å². The summed E-state index contributed by atoms with van der Waals surface area (Å²) in [7, 11) is 0. The van der Waals surface area contributed by atoms with Crippen molar-refractivity contribution < 1.29 is 18.0 Å². The van der Waals surface area contributed by atoms with E-state index in [1.165, 1.54) is 6.19 Å². The number of nitriles is 1. The number of nitrogens with zero attached hydrogens (tertiary/aromatic N) is 1. The third-order valence-corrected chi connectivity index (χ3v) is 1.42. The van der Waals surface area contributed by atoms with Crippen LogP contribution < -0.4 is 5.32 Å². The van der Waals surface area contributed by atoms with Gasteiger partial charge < -0.3 is 0 Å². The van der Waals surface area contributed by atoms with Crippen molar-refractivity contribution in [3.8, 4) is 6.19 Å². The van der Waals surface area contributed by atoms with E-state index in [0.29, 0.717) is 12.1 Å². The lowest BCUT2D eigenvalue weighted by atomic mass is 10.2. The number of halogens is 3. The van der Waals surface area contributed by atoms with Crippen LogP contribution in [0.5, 0.6) is 0 Å². The third kappa shape index (κ3) is 1.82. The summed E-state index contributed by atoms with van der Waals surface area (Å²) in [6.45, 7) is 0. The number of benzene rings is 1. The maximum absolute atomic E-state index is 12.6. The Morgan fingerprint density at radius 1 is 1.29 bits per heavy atom. The Balaban J connectivity index is 3.14. The molecule has 0 saturated heterocycles. The quantitative estimate of drug-likeness (QED) is 0.422. The fourth-order valence-corrected chi connectivity index (χ4v) is 0.810. The van der Waals surface area contributed by atoms with Crippen molar-refractivity contribution in [1.82, 2.24) is 5.32 Å². The van der Waals surface area contributed by atoms with Gasteiger partial charge in [-0.1, -0.05) is 0 Å². The summed E-state index contributed by atoms with van der Waals surface area (Å²) in [6, 6.07) is 1.01. The number of rotatable bonds is 1. The van der Waals surface area contributed by atoms with E-state index in [9.17, 15) is 18.0 Å². The Labute approximate surface area is 76.8 Å². The van der Waals surface area contributed by atoms with Crippen LogP contribution in [0.25, 0.3) is 0 Å². The van der Waals surface area contributed by atoms with Crippen molar-refractivity contribution in [1.29, 1.82) is 5.26 Å². The van der Waals surface area contributed by atoms with E-state index in [0.717, 1.165) is 0 Å². The molecule has 1 amide bonds. The minimum Gasteiger partial charge on any atom is -0.268 e. The molecule has 6 heteroatoms. The summed E-state index contributed by atoms with van der Waals surface area (Å²) < 4.78 is 37.5. The highest BCUT2D eigenvalue weighted by molar-refractivity contribution is 5.95. The average Bonchev–Trinajstić information content (AvgIpc) is 2.13. The van der Waals surface area contributed by atoms with E-state index in [1.807, 2.05) is 0 Å². The molecule has 0 atom stereocenters. The van der Waals surface area contributed by atoms with Crippen molar-refractivity contribution in [3.05, 3.63) is 35.1 Å². The molecule has 3 nitrogen and oxygen atoms in total. The highest BCUT2D eigenvalue weighted by Crippen LogP contribution is 2.13. The predicted molar refractivity (Wildman–Crippen MR) is 39.4 cm³/mol. The van der Waals surface area contributed by atoms with E-state index in [2.05, 4.69) is 0 Å². The second kappa shape index (κ2) is 3.79. The van der Waals surface area contributed by atoms with E-state index in [1.54, 1.807) is 5.32 Å². The highest BCUT2D eigenvalue weighted by Gasteiger charge is 2.14. The first-order valence-corrected chi connectivity index (χ1v) is 3.40. The molecule has 0 aliphatic heterocycles. The number of amides is 1. The summed E-state index contributed by atoms with van der Waals surface area (Å²) in [5.74, 6) is -5.61. The first-order valence-electron chi connectivity index (χ1n) is 3.40. The predicted octanol–water partition coefficient (Wildman–Crippen LogP) is 1.31. The monoisotopic (exact) mass is 200 g/mol. The molecule has 14 heavy (non-hydrogen) atoms. The van der Waals surface area contributed by atoms with Gasteiger partial charge in [-0.25, -0.2) is 13.2 Å². The first-order chi connectivity index (χ1) is 6.56. The third-order valence-electron chi connectivity index (χ3n) is 1.42. The molecule has 0 aliphatic rings. The summed E-state index contributed by atoms with van der Waals surface area (Å²) in [5.41, 5.74) is -0.456. The van der Waals surface area contributed by atoms with Gasteiger partial charge in [0.05, 0.1) is 0 Å².